The smallest absolute Gasteiger partial charge is 0.387 e. The Morgan fingerprint density at radius 1 is 1.35 bits per heavy atom. The fourth-order valence-electron chi connectivity index (χ4n) is 2.54. The first kappa shape index (κ1) is 15.3. The molecular formula is C15H15F2N3O3. The molecule has 8 heteroatoms. The fourth-order valence-corrected chi connectivity index (χ4v) is 2.54. The van der Waals surface area contributed by atoms with E-state index in [1.54, 1.807) is 11.0 Å². The van der Waals surface area contributed by atoms with Gasteiger partial charge < -0.3 is 19.5 Å². The van der Waals surface area contributed by atoms with Crippen LogP contribution >= 0.6 is 0 Å². The standard InChI is InChI=1S/C15H15F2N3O3/c16-14(17)23-12-3-1-11(2-4-12)18-15(21)20-7-5-10(9-20)13-6-8-22-19-13/h1-4,6,8,10,14H,5,7,9H2,(H,18,21). The topological polar surface area (TPSA) is 67.6 Å². The van der Waals surface area contributed by atoms with Crippen molar-refractivity contribution in [2.45, 2.75) is 19.0 Å². The summed E-state index contributed by atoms with van der Waals surface area (Å²) >= 11 is 0. The molecule has 1 N–H and O–H groups in total. The summed E-state index contributed by atoms with van der Waals surface area (Å²) in [6, 6.07) is 7.35. The fraction of sp³-hybridized carbons (Fsp3) is 0.333. The number of amides is 2. The van der Waals surface area contributed by atoms with Crippen LogP contribution in [0.4, 0.5) is 19.3 Å². The number of nitrogens with one attached hydrogen (secondary N) is 1. The van der Waals surface area contributed by atoms with Gasteiger partial charge in [0.15, 0.2) is 0 Å². The van der Waals surface area contributed by atoms with Crippen molar-refractivity contribution in [3.8, 4) is 5.75 Å². The van der Waals surface area contributed by atoms with Crippen LogP contribution < -0.4 is 10.1 Å². The molecule has 6 nitrogen and oxygen atoms in total. The van der Waals surface area contributed by atoms with Crippen LogP contribution in [0.1, 0.15) is 18.0 Å². The Morgan fingerprint density at radius 3 is 2.78 bits per heavy atom. The van der Waals surface area contributed by atoms with E-state index in [1.807, 2.05) is 0 Å². The number of urea groups is 1. The Morgan fingerprint density at radius 2 is 2.13 bits per heavy atom. The monoisotopic (exact) mass is 323 g/mol. The maximum absolute atomic E-state index is 12.2. The number of carbonyl (C=O) groups is 1. The normalized spacial score (nSPS) is 17.5. The van der Waals surface area contributed by atoms with Crippen LogP contribution in [0.3, 0.4) is 0 Å². The number of nitrogens with zero attached hydrogens (tertiary/aromatic N) is 2. The highest BCUT2D eigenvalue weighted by atomic mass is 19.3. The lowest BCUT2D eigenvalue weighted by atomic mass is 10.1. The zero-order valence-electron chi connectivity index (χ0n) is 12.1. The van der Waals surface area contributed by atoms with Gasteiger partial charge in [0.2, 0.25) is 0 Å². The highest BCUT2D eigenvalue weighted by Crippen LogP contribution is 2.26. The molecule has 2 amide bonds. The second kappa shape index (κ2) is 6.64. The molecule has 0 aliphatic carbocycles. The average Bonchev–Trinajstić information content (AvgIpc) is 3.19. The zero-order valence-corrected chi connectivity index (χ0v) is 12.1. The molecule has 0 saturated carbocycles. The second-order valence-electron chi connectivity index (χ2n) is 5.19. The van der Waals surface area contributed by atoms with Gasteiger partial charge in [-0.3, -0.25) is 0 Å². The molecule has 122 valence electrons. The van der Waals surface area contributed by atoms with E-state index in [9.17, 15) is 13.6 Å². The number of ether oxygens (including phenoxy) is 1. The van der Waals surface area contributed by atoms with E-state index in [1.165, 1.54) is 30.5 Å². The summed E-state index contributed by atoms with van der Waals surface area (Å²) in [6.45, 7) is -1.69. The van der Waals surface area contributed by atoms with Gasteiger partial charge in [0, 0.05) is 30.8 Å². The Labute approximate surface area is 131 Å². The lowest BCUT2D eigenvalue weighted by Gasteiger charge is -2.17. The molecule has 0 bridgehead atoms. The van der Waals surface area contributed by atoms with E-state index in [2.05, 4.69) is 15.2 Å². The lowest BCUT2D eigenvalue weighted by molar-refractivity contribution is -0.0498. The largest absolute Gasteiger partial charge is 0.435 e. The van der Waals surface area contributed by atoms with Gasteiger partial charge in [-0.1, -0.05) is 5.16 Å². The van der Waals surface area contributed by atoms with Crippen molar-refractivity contribution >= 4 is 11.7 Å². The lowest BCUT2D eigenvalue weighted by Crippen LogP contribution is -2.32. The van der Waals surface area contributed by atoms with Gasteiger partial charge in [-0.15, -0.1) is 0 Å². The van der Waals surface area contributed by atoms with E-state index in [-0.39, 0.29) is 17.7 Å². The summed E-state index contributed by atoms with van der Waals surface area (Å²) in [4.78, 5) is 13.9. The van der Waals surface area contributed by atoms with Gasteiger partial charge >= 0.3 is 12.6 Å². The maximum Gasteiger partial charge on any atom is 0.387 e. The molecule has 1 aliphatic heterocycles. The van der Waals surface area contributed by atoms with E-state index in [0.29, 0.717) is 18.8 Å². The summed E-state index contributed by atoms with van der Waals surface area (Å²) in [5, 5.41) is 6.63. The third-order valence-electron chi connectivity index (χ3n) is 3.68. The minimum absolute atomic E-state index is 0.0465. The summed E-state index contributed by atoms with van der Waals surface area (Å²) < 4.78 is 33.2. The Bertz CT molecular complexity index is 646. The first-order valence-electron chi connectivity index (χ1n) is 7.13. The average molecular weight is 323 g/mol. The number of benzene rings is 1. The van der Waals surface area contributed by atoms with Crippen LogP contribution in [-0.2, 0) is 0 Å². The number of likely N-dealkylation sites (tertiary alicyclic amines) is 1. The maximum atomic E-state index is 12.2. The molecule has 1 aromatic carbocycles. The Hall–Kier alpha value is -2.64. The molecule has 0 spiro atoms. The minimum Gasteiger partial charge on any atom is -0.435 e. The molecule has 2 heterocycles. The van der Waals surface area contributed by atoms with Crippen LogP contribution in [0.2, 0.25) is 0 Å². The minimum atomic E-state index is -2.87. The second-order valence-corrected chi connectivity index (χ2v) is 5.19. The first-order valence-corrected chi connectivity index (χ1v) is 7.13. The predicted octanol–water partition coefficient (Wildman–Crippen LogP) is 3.30. The van der Waals surface area contributed by atoms with E-state index in [4.69, 9.17) is 4.52 Å². The molecule has 1 saturated heterocycles. The van der Waals surface area contributed by atoms with Gasteiger partial charge in [-0.25, -0.2) is 4.79 Å². The summed E-state index contributed by atoms with van der Waals surface area (Å²) in [5.41, 5.74) is 1.36. The molecule has 3 rings (SSSR count). The summed E-state index contributed by atoms with van der Waals surface area (Å²) in [6.07, 6.45) is 2.34. The number of alkyl halides is 2. The molecular weight excluding hydrogens is 308 g/mol. The van der Waals surface area contributed by atoms with Crippen LogP contribution in [-0.4, -0.2) is 35.8 Å². The summed E-state index contributed by atoms with van der Waals surface area (Å²) in [7, 11) is 0. The Balaban J connectivity index is 1.55. The zero-order chi connectivity index (χ0) is 16.2. The molecule has 2 aromatic rings. The van der Waals surface area contributed by atoms with Crippen molar-refractivity contribution in [2.24, 2.45) is 0 Å². The van der Waals surface area contributed by atoms with Crippen LogP contribution in [0.25, 0.3) is 0 Å². The molecule has 1 aromatic heterocycles. The molecule has 0 radical (unpaired) electrons. The van der Waals surface area contributed by atoms with Crippen LogP contribution in [0.5, 0.6) is 5.75 Å². The highest BCUT2D eigenvalue weighted by molar-refractivity contribution is 5.89. The predicted molar refractivity (Wildman–Crippen MR) is 77.5 cm³/mol. The third kappa shape index (κ3) is 3.77. The van der Waals surface area contributed by atoms with E-state index < -0.39 is 6.61 Å². The molecule has 1 fully saturated rings. The van der Waals surface area contributed by atoms with Crippen molar-refractivity contribution in [3.63, 3.8) is 0 Å². The van der Waals surface area contributed by atoms with Gasteiger partial charge in [0.05, 0.1) is 5.69 Å². The van der Waals surface area contributed by atoms with Gasteiger partial charge in [0.25, 0.3) is 0 Å². The molecule has 1 atom stereocenters. The summed E-state index contributed by atoms with van der Waals surface area (Å²) in [5.74, 6) is 0.214. The van der Waals surface area contributed by atoms with E-state index in [0.717, 1.165) is 12.1 Å². The SMILES string of the molecule is O=C(Nc1ccc(OC(F)F)cc1)N1CCC(c2ccon2)C1. The van der Waals surface area contributed by atoms with Crippen molar-refractivity contribution in [1.82, 2.24) is 10.1 Å². The first-order chi connectivity index (χ1) is 11.1. The van der Waals surface area contributed by atoms with Crippen molar-refractivity contribution < 1.29 is 22.8 Å². The number of aromatic nitrogens is 1. The number of carbonyl (C=O) groups excluding carboxylic acids is 1. The third-order valence-corrected chi connectivity index (χ3v) is 3.68. The molecule has 1 unspecified atom stereocenters. The molecule has 1 aliphatic rings. The number of anilines is 1. The molecule has 23 heavy (non-hydrogen) atoms. The quantitative estimate of drug-likeness (QED) is 0.937. The number of hydrogen-bond donors (Lipinski definition) is 1. The van der Waals surface area contributed by atoms with E-state index >= 15 is 0 Å². The van der Waals surface area contributed by atoms with Gasteiger partial charge in [-0.2, -0.15) is 8.78 Å². The Kier molecular flexibility index (Phi) is 4.40. The number of rotatable bonds is 4. The van der Waals surface area contributed by atoms with Crippen molar-refractivity contribution in [1.29, 1.82) is 0 Å². The van der Waals surface area contributed by atoms with Gasteiger partial charge in [0.1, 0.15) is 12.0 Å². The highest BCUT2D eigenvalue weighted by Gasteiger charge is 2.28. The number of halogens is 2. The van der Waals surface area contributed by atoms with Crippen LogP contribution in [0.15, 0.2) is 41.1 Å². The van der Waals surface area contributed by atoms with Crippen molar-refractivity contribution in [2.75, 3.05) is 18.4 Å². The van der Waals surface area contributed by atoms with Crippen molar-refractivity contribution in [3.05, 3.63) is 42.3 Å². The van der Waals surface area contributed by atoms with Crippen LogP contribution in [0, 0.1) is 0 Å². The number of hydrogen-bond acceptors (Lipinski definition) is 4. The van der Waals surface area contributed by atoms with Gasteiger partial charge in [-0.05, 0) is 30.7 Å².